The summed E-state index contributed by atoms with van der Waals surface area (Å²) in [5, 5.41) is 12.1. The van der Waals surface area contributed by atoms with E-state index in [0.717, 1.165) is 16.5 Å². The lowest BCUT2D eigenvalue weighted by Gasteiger charge is -2.23. The predicted octanol–water partition coefficient (Wildman–Crippen LogP) is 4.08. The molecule has 0 aliphatic heterocycles. The molecule has 17 heavy (non-hydrogen) atoms. The lowest BCUT2D eigenvalue weighted by Crippen LogP contribution is -2.18. The van der Waals surface area contributed by atoms with E-state index < -0.39 is 5.60 Å². The highest BCUT2D eigenvalue weighted by atomic mass is 35.5. The van der Waals surface area contributed by atoms with Crippen molar-refractivity contribution in [2.75, 3.05) is 0 Å². The third-order valence-electron chi connectivity index (χ3n) is 2.69. The van der Waals surface area contributed by atoms with E-state index in [1.165, 1.54) is 0 Å². The van der Waals surface area contributed by atoms with Crippen molar-refractivity contribution in [3.63, 3.8) is 0 Å². The van der Waals surface area contributed by atoms with Gasteiger partial charge >= 0.3 is 0 Å². The fraction of sp³-hybridized carbons (Fsp3) is 0.308. The van der Waals surface area contributed by atoms with E-state index in [1.54, 1.807) is 32.2 Å². The van der Waals surface area contributed by atoms with Crippen LogP contribution in [0, 0.1) is 6.92 Å². The zero-order valence-corrected chi connectivity index (χ0v) is 11.4. The topological polar surface area (TPSA) is 33.1 Å². The first kappa shape index (κ1) is 12.6. The molecule has 0 radical (unpaired) electrons. The van der Waals surface area contributed by atoms with E-state index in [9.17, 15) is 5.11 Å². The average molecular weight is 270 g/mol. The summed E-state index contributed by atoms with van der Waals surface area (Å²) in [7, 11) is 0. The number of aliphatic hydroxyl groups is 1. The third kappa shape index (κ3) is 2.25. The molecular weight excluding hydrogens is 257 g/mol. The Labute approximate surface area is 110 Å². The molecule has 2 nitrogen and oxygen atoms in total. The van der Waals surface area contributed by atoms with Gasteiger partial charge in [-0.25, -0.2) is 0 Å². The maximum Gasteiger partial charge on any atom is 0.0850 e. The van der Waals surface area contributed by atoms with E-state index in [4.69, 9.17) is 23.2 Å². The SMILES string of the molecule is Cc1cnc2cc(Cl)cc(Cl)c2c1C(C)(C)O. The molecule has 2 aromatic rings. The molecule has 1 aromatic heterocycles. The van der Waals surface area contributed by atoms with E-state index >= 15 is 0 Å². The summed E-state index contributed by atoms with van der Waals surface area (Å²) in [4.78, 5) is 4.30. The van der Waals surface area contributed by atoms with Crippen LogP contribution in [0.4, 0.5) is 0 Å². The van der Waals surface area contributed by atoms with Crippen molar-refractivity contribution in [2.24, 2.45) is 0 Å². The van der Waals surface area contributed by atoms with E-state index in [-0.39, 0.29) is 0 Å². The van der Waals surface area contributed by atoms with Gasteiger partial charge in [-0.05, 0) is 44.0 Å². The molecule has 0 bridgehead atoms. The molecule has 0 amide bonds. The second kappa shape index (κ2) is 4.13. The van der Waals surface area contributed by atoms with Crippen LogP contribution < -0.4 is 0 Å². The van der Waals surface area contributed by atoms with Gasteiger partial charge in [0.25, 0.3) is 0 Å². The second-order valence-corrected chi connectivity index (χ2v) is 5.50. The number of benzene rings is 1. The van der Waals surface area contributed by atoms with Crippen LogP contribution >= 0.6 is 23.2 Å². The third-order valence-corrected chi connectivity index (χ3v) is 3.20. The first-order chi connectivity index (χ1) is 7.80. The number of aryl methyl sites for hydroxylation is 1. The van der Waals surface area contributed by atoms with Crippen LogP contribution in [0.25, 0.3) is 10.9 Å². The lowest BCUT2D eigenvalue weighted by atomic mass is 9.91. The van der Waals surface area contributed by atoms with Crippen LogP contribution in [0.3, 0.4) is 0 Å². The highest BCUT2D eigenvalue weighted by Crippen LogP contribution is 2.36. The van der Waals surface area contributed by atoms with Crippen LogP contribution in [-0.4, -0.2) is 10.1 Å². The van der Waals surface area contributed by atoms with Crippen molar-refractivity contribution in [2.45, 2.75) is 26.4 Å². The van der Waals surface area contributed by atoms with Crippen LogP contribution in [0.5, 0.6) is 0 Å². The number of rotatable bonds is 1. The van der Waals surface area contributed by atoms with Crippen LogP contribution in [0.1, 0.15) is 25.0 Å². The van der Waals surface area contributed by atoms with Gasteiger partial charge in [0.2, 0.25) is 0 Å². The number of fused-ring (bicyclic) bond motifs is 1. The molecule has 1 aromatic carbocycles. The Balaban J connectivity index is 2.95. The summed E-state index contributed by atoms with van der Waals surface area (Å²) in [6.07, 6.45) is 1.72. The van der Waals surface area contributed by atoms with E-state index in [0.29, 0.717) is 15.6 Å². The largest absolute Gasteiger partial charge is 0.386 e. The lowest BCUT2D eigenvalue weighted by molar-refractivity contribution is 0.0795. The van der Waals surface area contributed by atoms with Crippen LogP contribution in [0.2, 0.25) is 10.0 Å². The van der Waals surface area contributed by atoms with Crippen molar-refractivity contribution in [3.05, 3.63) is 39.5 Å². The molecule has 1 heterocycles. The molecule has 0 saturated heterocycles. The van der Waals surface area contributed by atoms with Crippen molar-refractivity contribution < 1.29 is 5.11 Å². The van der Waals surface area contributed by atoms with E-state index in [2.05, 4.69) is 4.98 Å². The first-order valence-corrected chi connectivity index (χ1v) is 6.03. The van der Waals surface area contributed by atoms with Crippen molar-refractivity contribution in [1.82, 2.24) is 4.98 Å². The molecule has 0 saturated carbocycles. The first-order valence-electron chi connectivity index (χ1n) is 5.28. The molecular formula is C13H13Cl2NO. The van der Waals surface area contributed by atoms with Gasteiger partial charge < -0.3 is 5.11 Å². The highest BCUT2D eigenvalue weighted by molar-refractivity contribution is 6.38. The summed E-state index contributed by atoms with van der Waals surface area (Å²) in [6, 6.07) is 3.42. The minimum atomic E-state index is -0.970. The summed E-state index contributed by atoms with van der Waals surface area (Å²) in [5.74, 6) is 0. The predicted molar refractivity (Wildman–Crippen MR) is 71.7 cm³/mol. The molecule has 4 heteroatoms. The number of nitrogens with zero attached hydrogens (tertiary/aromatic N) is 1. The summed E-state index contributed by atoms with van der Waals surface area (Å²) >= 11 is 12.2. The molecule has 90 valence electrons. The summed E-state index contributed by atoms with van der Waals surface area (Å²) in [5.41, 5.74) is 1.44. The van der Waals surface area contributed by atoms with Gasteiger partial charge in [-0.1, -0.05) is 23.2 Å². The Kier molecular flexibility index (Phi) is 3.06. The van der Waals surface area contributed by atoms with Crippen LogP contribution in [0.15, 0.2) is 18.3 Å². The standard InChI is InChI=1S/C13H13Cl2NO/c1-7-6-16-10-5-8(14)4-9(15)11(10)12(7)13(2,3)17/h4-6,17H,1-3H3. The molecule has 0 unspecified atom stereocenters. The van der Waals surface area contributed by atoms with Crippen LogP contribution in [-0.2, 0) is 5.60 Å². The molecule has 0 atom stereocenters. The van der Waals surface area contributed by atoms with Gasteiger partial charge in [0.15, 0.2) is 0 Å². The van der Waals surface area contributed by atoms with Gasteiger partial charge in [-0.3, -0.25) is 4.98 Å². The number of hydrogen-bond acceptors (Lipinski definition) is 2. The Morgan fingerprint density at radius 2 is 1.88 bits per heavy atom. The van der Waals surface area contributed by atoms with Gasteiger partial charge in [0.05, 0.1) is 16.1 Å². The zero-order chi connectivity index (χ0) is 12.8. The number of pyridine rings is 1. The normalized spacial score (nSPS) is 12.1. The van der Waals surface area contributed by atoms with Gasteiger partial charge in [-0.2, -0.15) is 0 Å². The van der Waals surface area contributed by atoms with Crippen molar-refractivity contribution in [1.29, 1.82) is 0 Å². The molecule has 0 spiro atoms. The minimum absolute atomic E-state index is 0.515. The minimum Gasteiger partial charge on any atom is -0.386 e. The molecule has 0 aliphatic carbocycles. The molecule has 0 aliphatic rings. The average Bonchev–Trinajstić information content (AvgIpc) is 2.16. The van der Waals surface area contributed by atoms with E-state index in [1.807, 2.05) is 6.92 Å². The number of aromatic nitrogens is 1. The monoisotopic (exact) mass is 269 g/mol. The Hall–Kier alpha value is -0.830. The summed E-state index contributed by atoms with van der Waals surface area (Å²) < 4.78 is 0. The maximum atomic E-state index is 10.2. The fourth-order valence-electron chi connectivity index (χ4n) is 2.13. The smallest absolute Gasteiger partial charge is 0.0850 e. The van der Waals surface area contributed by atoms with Crippen molar-refractivity contribution in [3.8, 4) is 0 Å². The molecule has 1 N–H and O–H groups in total. The number of hydrogen-bond donors (Lipinski definition) is 1. The Morgan fingerprint density at radius 1 is 1.24 bits per heavy atom. The fourth-order valence-corrected chi connectivity index (χ4v) is 2.70. The quantitative estimate of drug-likeness (QED) is 0.847. The van der Waals surface area contributed by atoms with Gasteiger partial charge in [-0.15, -0.1) is 0 Å². The van der Waals surface area contributed by atoms with Gasteiger partial charge in [0, 0.05) is 16.6 Å². The molecule has 0 fully saturated rings. The van der Waals surface area contributed by atoms with Gasteiger partial charge in [0.1, 0.15) is 0 Å². The van der Waals surface area contributed by atoms with Crippen molar-refractivity contribution >= 4 is 34.1 Å². The highest BCUT2D eigenvalue weighted by Gasteiger charge is 2.23. The maximum absolute atomic E-state index is 10.2. The molecule has 2 rings (SSSR count). The Bertz CT molecular complexity index is 588. The zero-order valence-electron chi connectivity index (χ0n) is 9.88. The number of halogens is 2. The second-order valence-electron chi connectivity index (χ2n) is 4.66. The summed E-state index contributed by atoms with van der Waals surface area (Å²) in [6.45, 7) is 5.38. The Morgan fingerprint density at radius 3 is 2.47 bits per heavy atom.